The van der Waals surface area contributed by atoms with E-state index in [1.807, 2.05) is 63.2 Å². The largest absolute Gasteiger partial charge is 0.497 e. The number of hydrogen-bond acceptors (Lipinski definition) is 7. The summed E-state index contributed by atoms with van der Waals surface area (Å²) < 4.78 is 28.9. The molecule has 3 aromatic carbocycles. The van der Waals surface area contributed by atoms with Crippen molar-refractivity contribution in [1.29, 1.82) is 0 Å². The van der Waals surface area contributed by atoms with Crippen LogP contribution in [0, 0.1) is 0 Å². The number of rotatable bonds is 9. The summed E-state index contributed by atoms with van der Waals surface area (Å²) in [5.74, 6) is 1.76. The summed E-state index contributed by atoms with van der Waals surface area (Å²) in [5.41, 5.74) is 2.51. The normalized spacial score (nSPS) is 17.9. The lowest BCUT2D eigenvalue weighted by molar-refractivity contribution is -0.137. The first-order valence-corrected chi connectivity index (χ1v) is 12.0. The first-order valence-electron chi connectivity index (χ1n) is 12.0. The molecular weight excluding hydrogens is 458 g/mol. The highest BCUT2D eigenvalue weighted by molar-refractivity contribution is 5.89. The number of fused-ring (bicyclic) bond motifs is 1. The van der Waals surface area contributed by atoms with Crippen LogP contribution in [0.15, 0.2) is 66.7 Å². The molecule has 1 N–H and O–H groups in total. The molecule has 0 saturated carbocycles. The van der Waals surface area contributed by atoms with Gasteiger partial charge in [-0.2, -0.15) is 0 Å². The van der Waals surface area contributed by atoms with E-state index in [9.17, 15) is 4.79 Å². The van der Waals surface area contributed by atoms with Gasteiger partial charge in [0.15, 0.2) is 6.10 Å². The molecule has 7 heteroatoms. The molecule has 0 saturated heterocycles. The van der Waals surface area contributed by atoms with Crippen LogP contribution in [0.2, 0.25) is 0 Å². The molecule has 0 bridgehead atoms. The summed E-state index contributed by atoms with van der Waals surface area (Å²) in [7, 11) is 3.24. The van der Waals surface area contributed by atoms with E-state index in [0.29, 0.717) is 30.2 Å². The van der Waals surface area contributed by atoms with Crippen molar-refractivity contribution >= 4 is 11.7 Å². The summed E-state index contributed by atoms with van der Waals surface area (Å²) in [5, 5.41) is 3.45. The Kier molecular flexibility index (Phi) is 7.70. The van der Waals surface area contributed by atoms with Crippen molar-refractivity contribution in [2.75, 3.05) is 26.1 Å². The number of nitrogens with one attached hydrogen (secondary N) is 1. The van der Waals surface area contributed by atoms with Crippen molar-refractivity contribution in [3.05, 3.63) is 83.4 Å². The maximum Gasteiger partial charge on any atom is 0.338 e. The van der Waals surface area contributed by atoms with Crippen molar-refractivity contribution in [3.63, 3.8) is 0 Å². The minimum Gasteiger partial charge on any atom is -0.497 e. The van der Waals surface area contributed by atoms with E-state index in [0.717, 1.165) is 22.6 Å². The van der Waals surface area contributed by atoms with Crippen molar-refractivity contribution in [2.45, 2.75) is 45.1 Å². The molecule has 1 aliphatic rings. The number of carbonyl (C=O) groups excluding carboxylic acids is 1. The molecule has 0 radical (unpaired) electrons. The minimum atomic E-state index is -0.799. The Hall–Kier alpha value is -3.71. The zero-order chi connectivity index (χ0) is 25.7. The minimum absolute atomic E-state index is 0.433. The van der Waals surface area contributed by atoms with Gasteiger partial charge in [0.2, 0.25) is 0 Å². The van der Waals surface area contributed by atoms with Crippen LogP contribution in [0.4, 0.5) is 5.69 Å². The van der Waals surface area contributed by atoms with E-state index in [1.54, 1.807) is 38.5 Å². The Balaban J connectivity index is 1.56. The van der Waals surface area contributed by atoms with Gasteiger partial charge < -0.3 is 29.0 Å². The van der Waals surface area contributed by atoms with Gasteiger partial charge in [0.1, 0.15) is 29.0 Å². The number of ether oxygens (including phenoxy) is 5. The fourth-order valence-corrected chi connectivity index (χ4v) is 4.26. The summed E-state index contributed by atoms with van der Waals surface area (Å²) >= 11 is 0. The molecule has 0 spiro atoms. The quantitative estimate of drug-likeness (QED) is 0.380. The topological polar surface area (TPSA) is 75.3 Å². The SMILES string of the molecule is CCOC1c2cc(NCc3ccc(OC)cc3)ccc2OC(C)(C)C1OC(=O)c1ccc(OC)cc1. The zero-order valence-corrected chi connectivity index (χ0v) is 21.4. The van der Waals surface area contributed by atoms with Crippen LogP contribution in [0.1, 0.15) is 48.4 Å². The van der Waals surface area contributed by atoms with Crippen molar-refractivity contribution in [3.8, 4) is 17.2 Å². The number of benzene rings is 3. The fraction of sp³-hybridized carbons (Fsp3) is 0.345. The molecule has 3 aromatic rings. The Morgan fingerprint density at radius 3 is 2.19 bits per heavy atom. The number of anilines is 1. The average Bonchev–Trinajstić information content (AvgIpc) is 2.89. The van der Waals surface area contributed by atoms with Crippen LogP contribution in [0.3, 0.4) is 0 Å². The first kappa shape index (κ1) is 25.4. The molecule has 36 heavy (non-hydrogen) atoms. The van der Waals surface area contributed by atoms with Gasteiger partial charge in [-0.25, -0.2) is 4.79 Å². The molecular formula is C29H33NO6. The second-order valence-electron chi connectivity index (χ2n) is 9.09. The second-order valence-corrected chi connectivity index (χ2v) is 9.09. The third-order valence-corrected chi connectivity index (χ3v) is 6.21. The molecule has 0 aliphatic carbocycles. The van der Waals surface area contributed by atoms with Gasteiger partial charge in [-0.1, -0.05) is 12.1 Å². The summed E-state index contributed by atoms with van der Waals surface area (Å²) in [4.78, 5) is 13.0. The Morgan fingerprint density at radius 1 is 0.944 bits per heavy atom. The van der Waals surface area contributed by atoms with Crippen LogP contribution in [0.25, 0.3) is 0 Å². The predicted octanol–water partition coefficient (Wildman–Crippen LogP) is 5.79. The van der Waals surface area contributed by atoms with Gasteiger partial charge in [0.05, 0.1) is 19.8 Å². The zero-order valence-electron chi connectivity index (χ0n) is 21.4. The van der Waals surface area contributed by atoms with E-state index in [1.165, 1.54) is 0 Å². The molecule has 1 aliphatic heterocycles. The van der Waals surface area contributed by atoms with E-state index in [4.69, 9.17) is 23.7 Å². The maximum atomic E-state index is 13.0. The fourth-order valence-electron chi connectivity index (χ4n) is 4.26. The molecule has 0 aromatic heterocycles. The van der Waals surface area contributed by atoms with Crippen molar-refractivity contribution < 1.29 is 28.5 Å². The third-order valence-electron chi connectivity index (χ3n) is 6.21. The maximum absolute atomic E-state index is 13.0. The highest BCUT2D eigenvalue weighted by Gasteiger charge is 2.47. The number of hydrogen-bond donors (Lipinski definition) is 1. The Morgan fingerprint density at radius 2 is 1.58 bits per heavy atom. The first-order chi connectivity index (χ1) is 17.3. The second kappa shape index (κ2) is 10.9. The highest BCUT2D eigenvalue weighted by atomic mass is 16.6. The van der Waals surface area contributed by atoms with Crippen LogP contribution < -0.4 is 19.5 Å². The Bertz CT molecular complexity index is 1170. The number of methoxy groups -OCH3 is 2. The standard InChI is InChI=1S/C29H33NO6/c1-6-34-26-24-17-21(30-18-19-7-12-22(32-4)13-8-19)11-16-25(24)36-29(2,3)27(26)35-28(31)20-9-14-23(33-5)15-10-20/h7-17,26-27,30H,6,18H2,1-5H3. The predicted molar refractivity (Wildman–Crippen MR) is 138 cm³/mol. The van der Waals surface area contributed by atoms with Gasteiger partial charge >= 0.3 is 5.97 Å². The molecule has 0 amide bonds. The average molecular weight is 492 g/mol. The van der Waals surface area contributed by atoms with E-state index < -0.39 is 23.8 Å². The van der Waals surface area contributed by atoms with E-state index in [2.05, 4.69) is 5.32 Å². The van der Waals surface area contributed by atoms with Crippen LogP contribution in [0.5, 0.6) is 17.2 Å². The number of carbonyl (C=O) groups is 1. The van der Waals surface area contributed by atoms with Crippen LogP contribution >= 0.6 is 0 Å². The smallest absolute Gasteiger partial charge is 0.338 e. The molecule has 0 fully saturated rings. The summed E-state index contributed by atoms with van der Waals surface area (Å²) in [6.45, 7) is 6.84. The summed E-state index contributed by atoms with van der Waals surface area (Å²) in [6.07, 6.45) is -1.14. The third kappa shape index (κ3) is 5.57. The van der Waals surface area contributed by atoms with Crippen LogP contribution in [-0.2, 0) is 16.0 Å². The molecule has 4 rings (SSSR count). The molecule has 2 unspecified atom stereocenters. The molecule has 1 heterocycles. The summed E-state index contributed by atoms with van der Waals surface area (Å²) in [6, 6.07) is 20.7. The monoisotopic (exact) mass is 491 g/mol. The van der Waals surface area contributed by atoms with Gasteiger partial charge in [0, 0.05) is 24.4 Å². The molecule has 7 nitrogen and oxygen atoms in total. The van der Waals surface area contributed by atoms with E-state index >= 15 is 0 Å². The van der Waals surface area contributed by atoms with E-state index in [-0.39, 0.29) is 0 Å². The lowest BCUT2D eigenvalue weighted by Crippen LogP contribution is -2.51. The molecule has 2 atom stereocenters. The van der Waals surface area contributed by atoms with Crippen LogP contribution in [-0.4, -0.2) is 38.5 Å². The lowest BCUT2D eigenvalue weighted by atomic mass is 9.87. The lowest BCUT2D eigenvalue weighted by Gasteiger charge is -2.43. The van der Waals surface area contributed by atoms with Gasteiger partial charge in [-0.05, 0) is 80.9 Å². The molecule has 190 valence electrons. The Labute approximate surface area is 212 Å². The van der Waals surface area contributed by atoms with Gasteiger partial charge in [-0.3, -0.25) is 0 Å². The van der Waals surface area contributed by atoms with Gasteiger partial charge in [0.25, 0.3) is 0 Å². The number of esters is 1. The van der Waals surface area contributed by atoms with Crippen molar-refractivity contribution in [1.82, 2.24) is 0 Å². The van der Waals surface area contributed by atoms with Gasteiger partial charge in [-0.15, -0.1) is 0 Å². The van der Waals surface area contributed by atoms with Crippen molar-refractivity contribution in [2.24, 2.45) is 0 Å². The highest BCUT2D eigenvalue weighted by Crippen LogP contribution is 2.44.